The molecule has 2 fully saturated rings. The van der Waals surface area contributed by atoms with Crippen LogP contribution in [0.15, 0.2) is 24.3 Å². The highest BCUT2D eigenvalue weighted by Crippen LogP contribution is 2.34. The highest BCUT2D eigenvalue weighted by atomic mass is 16.7. The zero-order valence-corrected chi connectivity index (χ0v) is 10.3. The number of fused-ring (bicyclic) bond motifs is 2. The van der Waals surface area contributed by atoms with E-state index < -0.39 is 0 Å². The molecule has 0 aromatic heterocycles. The molecule has 0 bridgehead atoms. The number of hydrogen-bond donors (Lipinski definition) is 0. The maximum atomic E-state index is 5.43. The van der Waals surface area contributed by atoms with Gasteiger partial charge in [0, 0.05) is 19.0 Å². The van der Waals surface area contributed by atoms with Crippen LogP contribution in [0, 0.1) is 0 Å². The van der Waals surface area contributed by atoms with Crippen LogP contribution < -0.4 is 9.47 Å². The topological polar surface area (TPSA) is 21.5 Å². The molecule has 3 heterocycles. The minimum Gasteiger partial charge on any atom is -0.451 e. The van der Waals surface area contributed by atoms with E-state index in [2.05, 4.69) is 4.90 Å². The van der Waals surface area contributed by atoms with Gasteiger partial charge >= 0.3 is 0 Å². The van der Waals surface area contributed by atoms with E-state index in [9.17, 15) is 0 Å². The molecule has 17 heavy (non-hydrogen) atoms. The Morgan fingerprint density at radius 1 is 1.24 bits per heavy atom. The van der Waals surface area contributed by atoms with Crippen LogP contribution in [0.4, 0.5) is 0 Å². The maximum absolute atomic E-state index is 5.43. The van der Waals surface area contributed by atoms with Crippen molar-refractivity contribution in [2.75, 3.05) is 13.1 Å². The largest absolute Gasteiger partial charge is 0.451 e. The van der Waals surface area contributed by atoms with Crippen molar-refractivity contribution in [3.8, 4) is 11.5 Å². The van der Waals surface area contributed by atoms with Crippen molar-refractivity contribution in [3.05, 3.63) is 24.3 Å². The van der Waals surface area contributed by atoms with E-state index >= 15 is 0 Å². The molecule has 92 valence electrons. The molecule has 2 unspecified atom stereocenters. The molecule has 2 atom stereocenters. The number of hydrogen-bond acceptors (Lipinski definition) is 3. The van der Waals surface area contributed by atoms with Crippen LogP contribution in [0.5, 0.6) is 11.5 Å². The fraction of sp³-hybridized carbons (Fsp3) is 0.571. The van der Waals surface area contributed by atoms with Crippen LogP contribution in [-0.4, -0.2) is 30.3 Å². The highest BCUT2D eigenvalue weighted by molar-refractivity contribution is 5.41. The van der Waals surface area contributed by atoms with Gasteiger partial charge < -0.3 is 9.47 Å². The zero-order chi connectivity index (χ0) is 11.7. The van der Waals surface area contributed by atoms with Crippen molar-refractivity contribution < 1.29 is 9.47 Å². The first-order chi connectivity index (χ1) is 8.36. The third-order valence-electron chi connectivity index (χ3n) is 3.51. The predicted octanol–water partition coefficient (Wildman–Crippen LogP) is 2.66. The van der Waals surface area contributed by atoms with E-state index in [1.54, 1.807) is 0 Å². The lowest BCUT2D eigenvalue weighted by Crippen LogP contribution is -2.15. The summed E-state index contributed by atoms with van der Waals surface area (Å²) in [7, 11) is 0. The van der Waals surface area contributed by atoms with Gasteiger partial charge in [0.05, 0.1) is 0 Å². The van der Waals surface area contributed by atoms with Crippen LogP contribution in [0.1, 0.15) is 26.2 Å². The van der Waals surface area contributed by atoms with Crippen LogP contribution in [0.25, 0.3) is 0 Å². The van der Waals surface area contributed by atoms with Gasteiger partial charge in [-0.15, -0.1) is 0 Å². The maximum Gasteiger partial charge on any atom is 0.241 e. The second kappa shape index (κ2) is 4.57. The molecule has 0 saturated carbocycles. The van der Waals surface area contributed by atoms with Gasteiger partial charge in [-0.05, 0) is 31.5 Å². The Hall–Kier alpha value is -1.22. The molecule has 4 rings (SSSR count). The fourth-order valence-corrected chi connectivity index (χ4v) is 2.42. The molecule has 0 aliphatic carbocycles. The molecular weight excluding hydrogens is 214 g/mol. The standard InChI is InChI=1S/C9H10O2.C5H9N/c1-2-9-10-7-5-3-4-6-8(7)11-9;1-2-5-4-6(5)3-1/h3-6,9H,2H2,1H3;5H,1-4H2. The van der Waals surface area contributed by atoms with Crippen LogP contribution >= 0.6 is 0 Å². The Kier molecular flexibility index (Phi) is 2.93. The lowest BCUT2D eigenvalue weighted by Gasteiger charge is -2.04. The number of piperidine rings is 1. The number of benzene rings is 1. The second-order valence-corrected chi connectivity index (χ2v) is 4.81. The Morgan fingerprint density at radius 3 is 2.29 bits per heavy atom. The third-order valence-corrected chi connectivity index (χ3v) is 3.51. The quantitative estimate of drug-likeness (QED) is 0.696. The molecule has 0 N–H and O–H groups in total. The van der Waals surface area contributed by atoms with E-state index in [-0.39, 0.29) is 6.29 Å². The highest BCUT2D eigenvalue weighted by Gasteiger charge is 2.37. The van der Waals surface area contributed by atoms with E-state index in [0.717, 1.165) is 24.0 Å². The fourth-order valence-electron chi connectivity index (χ4n) is 2.42. The summed E-state index contributed by atoms with van der Waals surface area (Å²) < 4.78 is 10.9. The number of rotatable bonds is 1. The van der Waals surface area contributed by atoms with Gasteiger partial charge in [0.25, 0.3) is 0 Å². The molecular formula is C14H19NO2. The minimum atomic E-state index is -0.0765. The van der Waals surface area contributed by atoms with Gasteiger partial charge in [-0.1, -0.05) is 19.1 Å². The summed E-state index contributed by atoms with van der Waals surface area (Å²) in [6.07, 6.45) is 3.76. The van der Waals surface area contributed by atoms with Crippen molar-refractivity contribution in [2.45, 2.75) is 38.5 Å². The molecule has 1 aromatic carbocycles. The van der Waals surface area contributed by atoms with Gasteiger partial charge in [-0.25, -0.2) is 0 Å². The second-order valence-electron chi connectivity index (χ2n) is 4.81. The first-order valence-electron chi connectivity index (χ1n) is 6.53. The third kappa shape index (κ3) is 2.39. The van der Waals surface area contributed by atoms with E-state index in [1.165, 1.54) is 25.9 Å². The molecule has 3 aliphatic heterocycles. The Bertz CT molecular complexity index is 361. The van der Waals surface area contributed by atoms with Crippen molar-refractivity contribution in [2.24, 2.45) is 0 Å². The molecule has 3 nitrogen and oxygen atoms in total. The summed E-state index contributed by atoms with van der Waals surface area (Å²) >= 11 is 0. The summed E-state index contributed by atoms with van der Waals surface area (Å²) in [6.45, 7) is 4.85. The van der Waals surface area contributed by atoms with Crippen LogP contribution in [0.2, 0.25) is 0 Å². The molecule has 2 saturated heterocycles. The molecule has 0 radical (unpaired) electrons. The Balaban J connectivity index is 0.000000125. The zero-order valence-electron chi connectivity index (χ0n) is 10.3. The molecule has 1 aromatic rings. The van der Waals surface area contributed by atoms with Gasteiger partial charge in [0.2, 0.25) is 6.29 Å². The first-order valence-corrected chi connectivity index (χ1v) is 6.53. The average molecular weight is 233 g/mol. The molecule has 3 heteroatoms. The normalized spacial score (nSPS) is 28.3. The lowest BCUT2D eigenvalue weighted by atomic mass is 10.3. The summed E-state index contributed by atoms with van der Waals surface area (Å²) in [5, 5.41) is 0. The van der Waals surface area contributed by atoms with Crippen molar-refractivity contribution in [1.29, 1.82) is 0 Å². The van der Waals surface area contributed by atoms with E-state index in [1.807, 2.05) is 31.2 Å². The van der Waals surface area contributed by atoms with Crippen LogP contribution in [-0.2, 0) is 0 Å². The van der Waals surface area contributed by atoms with Gasteiger partial charge in [-0.2, -0.15) is 0 Å². The monoisotopic (exact) mass is 233 g/mol. The summed E-state index contributed by atoms with van der Waals surface area (Å²) in [4.78, 5) is 2.53. The molecule has 0 spiro atoms. The van der Waals surface area contributed by atoms with Gasteiger partial charge in [0.15, 0.2) is 11.5 Å². The van der Waals surface area contributed by atoms with E-state index in [4.69, 9.17) is 9.47 Å². The van der Waals surface area contributed by atoms with Crippen molar-refractivity contribution in [1.82, 2.24) is 4.90 Å². The average Bonchev–Trinajstić information content (AvgIpc) is 2.81. The SMILES string of the molecule is C1CC2CN2C1.CCC1Oc2ccccc2O1. The number of nitrogens with zero attached hydrogens (tertiary/aromatic N) is 1. The van der Waals surface area contributed by atoms with Crippen molar-refractivity contribution in [3.63, 3.8) is 0 Å². The smallest absolute Gasteiger partial charge is 0.241 e. The lowest BCUT2D eigenvalue weighted by molar-refractivity contribution is 0.0464. The number of para-hydroxylation sites is 2. The summed E-state index contributed by atoms with van der Waals surface area (Å²) in [6, 6.07) is 8.78. The van der Waals surface area contributed by atoms with E-state index in [0.29, 0.717) is 0 Å². The van der Waals surface area contributed by atoms with Crippen LogP contribution in [0.3, 0.4) is 0 Å². The summed E-state index contributed by atoms with van der Waals surface area (Å²) in [5.74, 6) is 1.72. The minimum absolute atomic E-state index is 0.0765. The molecule has 0 amide bonds. The van der Waals surface area contributed by atoms with Gasteiger partial charge in [0.1, 0.15) is 0 Å². The van der Waals surface area contributed by atoms with Gasteiger partial charge in [-0.3, -0.25) is 4.90 Å². The molecule has 3 aliphatic rings. The van der Waals surface area contributed by atoms with Crippen molar-refractivity contribution >= 4 is 0 Å². The first kappa shape index (κ1) is 10.9. The number of ether oxygens (including phenoxy) is 2. The Labute approximate surface area is 102 Å². The summed E-state index contributed by atoms with van der Waals surface area (Å²) in [5.41, 5.74) is 0. The predicted molar refractivity (Wildman–Crippen MR) is 66.4 cm³/mol. The Morgan fingerprint density at radius 2 is 1.94 bits per heavy atom.